The Morgan fingerprint density at radius 1 is 0.944 bits per heavy atom. The highest BCUT2D eigenvalue weighted by atomic mass is 16.5. The molecule has 2 nitrogen and oxygen atoms in total. The Morgan fingerprint density at radius 3 is 2.17 bits per heavy atom. The molecular formula is C16H28O2. The maximum atomic E-state index is 10.8. The van der Waals surface area contributed by atoms with Gasteiger partial charge in [-0.3, -0.25) is 0 Å². The van der Waals surface area contributed by atoms with Gasteiger partial charge in [-0.25, -0.2) is 0 Å². The number of hydrogen-bond acceptors (Lipinski definition) is 2. The highest BCUT2D eigenvalue weighted by molar-refractivity contribution is 5.18. The summed E-state index contributed by atoms with van der Waals surface area (Å²) in [6.45, 7) is 9.11. The molecule has 2 heteroatoms. The Hall–Kier alpha value is -0.0800. The van der Waals surface area contributed by atoms with Crippen molar-refractivity contribution < 1.29 is 9.84 Å². The molecule has 1 N–H and O–H groups in total. The van der Waals surface area contributed by atoms with Gasteiger partial charge in [0.05, 0.1) is 11.2 Å². The van der Waals surface area contributed by atoms with Crippen LogP contribution in [0.25, 0.3) is 0 Å². The van der Waals surface area contributed by atoms with E-state index in [2.05, 4.69) is 27.7 Å². The lowest BCUT2D eigenvalue weighted by atomic mass is 9.73. The number of ether oxygens (including phenoxy) is 1. The van der Waals surface area contributed by atoms with E-state index < -0.39 is 5.60 Å². The molecule has 0 bridgehead atoms. The van der Waals surface area contributed by atoms with Crippen LogP contribution in [0.2, 0.25) is 0 Å². The largest absolute Gasteiger partial charge is 0.390 e. The molecule has 0 aromatic rings. The van der Waals surface area contributed by atoms with Crippen LogP contribution < -0.4 is 0 Å². The van der Waals surface area contributed by atoms with E-state index in [4.69, 9.17) is 4.74 Å². The van der Waals surface area contributed by atoms with Crippen LogP contribution >= 0.6 is 0 Å². The van der Waals surface area contributed by atoms with Crippen molar-refractivity contribution in [3.63, 3.8) is 0 Å². The van der Waals surface area contributed by atoms with Gasteiger partial charge < -0.3 is 9.84 Å². The molecule has 3 aliphatic rings. The zero-order valence-corrected chi connectivity index (χ0v) is 12.5. The second-order valence-corrected chi connectivity index (χ2v) is 8.04. The van der Waals surface area contributed by atoms with E-state index in [-0.39, 0.29) is 5.60 Å². The molecule has 3 aliphatic carbocycles. The number of fused-ring (bicyclic) bond motifs is 3. The molecule has 0 aliphatic heterocycles. The van der Waals surface area contributed by atoms with Crippen LogP contribution in [-0.4, -0.2) is 23.4 Å². The molecular weight excluding hydrogens is 224 g/mol. The Kier molecular flexibility index (Phi) is 2.53. The molecule has 18 heavy (non-hydrogen) atoms. The molecule has 0 spiro atoms. The zero-order chi connectivity index (χ0) is 13.3. The van der Waals surface area contributed by atoms with Crippen LogP contribution in [-0.2, 0) is 4.74 Å². The van der Waals surface area contributed by atoms with Gasteiger partial charge in [-0.2, -0.15) is 0 Å². The lowest BCUT2D eigenvalue weighted by Gasteiger charge is -2.40. The minimum absolute atomic E-state index is 0.0192. The van der Waals surface area contributed by atoms with Crippen molar-refractivity contribution in [2.45, 2.75) is 64.6 Å². The van der Waals surface area contributed by atoms with Gasteiger partial charge in [0, 0.05) is 7.11 Å². The van der Waals surface area contributed by atoms with E-state index in [0.717, 1.165) is 25.2 Å². The molecule has 0 saturated heterocycles. The maximum absolute atomic E-state index is 10.8. The van der Waals surface area contributed by atoms with E-state index in [0.29, 0.717) is 23.2 Å². The van der Waals surface area contributed by atoms with Crippen LogP contribution in [0.5, 0.6) is 0 Å². The van der Waals surface area contributed by atoms with E-state index >= 15 is 0 Å². The summed E-state index contributed by atoms with van der Waals surface area (Å²) >= 11 is 0. The molecule has 0 radical (unpaired) electrons. The highest BCUT2D eigenvalue weighted by Gasteiger charge is 2.69. The predicted molar refractivity (Wildman–Crippen MR) is 72.2 cm³/mol. The SMILES string of the molecule is CO[C@@]1(C)CC[C@H]2[C@@H]([C@@H]3[C@@H]1CC[C@@]3(C)O)C2(C)C. The normalized spacial score (nSPS) is 57.7. The predicted octanol–water partition coefficient (Wildman–Crippen LogP) is 3.23. The van der Waals surface area contributed by atoms with Gasteiger partial charge in [-0.1, -0.05) is 13.8 Å². The fourth-order valence-corrected chi connectivity index (χ4v) is 5.48. The first-order chi connectivity index (χ1) is 8.24. The fourth-order valence-electron chi connectivity index (χ4n) is 5.48. The van der Waals surface area contributed by atoms with E-state index in [1.165, 1.54) is 6.42 Å². The van der Waals surface area contributed by atoms with Gasteiger partial charge in [0.25, 0.3) is 0 Å². The number of hydrogen-bond donors (Lipinski definition) is 1. The first-order valence-corrected chi connectivity index (χ1v) is 7.51. The molecule has 6 atom stereocenters. The molecule has 104 valence electrons. The second kappa shape index (κ2) is 3.52. The van der Waals surface area contributed by atoms with Crippen LogP contribution in [0.4, 0.5) is 0 Å². The van der Waals surface area contributed by atoms with Crippen LogP contribution in [0.15, 0.2) is 0 Å². The minimum Gasteiger partial charge on any atom is -0.390 e. The lowest BCUT2D eigenvalue weighted by molar-refractivity contribution is -0.0886. The molecule has 3 rings (SSSR count). The van der Waals surface area contributed by atoms with E-state index in [1.807, 2.05) is 7.11 Å². The van der Waals surface area contributed by atoms with Gasteiger partial charge in [0.2, 0.25) is 0 Å². The number of methoxy groups -OCH3 is 1. The van der Waals surface area contributed by atoms with Crippen molar-refractivity contribution in [2.75, 3.05) is 7.11 Å². The van der Waals surface area contributed by atoms with Crippen molar-refractivity contribution >= 4 is 0 Å². The van der Waals surface area contributed by atoms with Crippen molar-refractivity contribution in [1.82, 2.24) is 0 Å². The molecule has 0 unspecified atom stereocenters. The van der Waals surface area contributed by atoms with Crippen LogP contribution in [0.1, 0.15) is 53.4 Å². The summed E-state index contributed by atoms with van der Waals surface area (Å²) in [6, 6.07) is 0. The summed E-state index contributed by atoms with van der Waals surface area (Å²) < 4.78 is 5.89. The topological polar surface area (TPSA) is 29.5 Å². The van der Waals surface area contributed by atoms with Crippen LogP contribution in [0, 0.1) is 29.1 Å². The molecule has 3 fully saturated rings. The Bertz CT molecular complexity index is 360. The van der Waals surface area contributed by atoms with Gasteiger partial charge in [0.15, 0.2) is 0 Å². The Morgan fingerprint density at radius 2 is 1.56 bits per heavy atom. The van der Waals surface area contributed by atoms with Crippen molar-refractivity contribution in [3.8, 4) is 0 Å². The second-order valence-electron chi connectivity index (χ2n) is 8.04. The van der Waals surface area contributed by atoms with Gasteiger partial charge in [0.1, 0.15) is 0 Å². The summed E-state index contributed by atoms with van der Waals surface area (Å²) in [5, 5.41) is 10.8. The third kappa shape index (κ3) is 1.48. The Balaban J connectivity index is 1.99. The first kappa shape index (κ1) is 12.9. The number of rotatable bonds is 1. The van der Waals surface area contributed by atoms with Gasteiger partial charge in [-0.15, -0.1) is 0 Å². The van der Waals surface area contributed by atoms with Crippen molar-refractivity contribution in [1.29, 1.82) is 0 Å². The van der Waals surface area contributed by atoms with E-state index in [9.17, 15) is 5.11 Å². The summed E-state index contributed by atoms with van der Waals surface area (Å²) in [6.07, 6.45) is 4.50. The average molecular weight is 252 g/mol. The standard InChI is InChI=1S/C16H28O2/c1-14(2)10-7-9-16(4,18-5)11-6-8-15(3,17)13(11)12(10)14/h10-13,17H,6-9H2,1-5H3/t10-,11-,12-,13-,15+,16-/m0/s1. The third-order valence-electron chi connectivity index (χ3n) is 6.84. The smallest absolute Gasteiger partial charge is 0.0682 e. The lowest BCUT2D eigenvalue weighted by Crippen LogP contribution is -2.44. The zero-order valence-electron chi connectivity index (χ0n) is 12.5. The summed E-state index contributed by atoms with van der Waals surface area (Å²) in [5.41, 5.74) is -0.0630. The highest BCUT2D eigenvalue weighted by Crippen LogP contribution is 2.72. The molecule has 0 amide bonds. The van der Waals surface area contributed by atoms with Gasteiger partial charge in [-0.05, 0) is 68.6 Å². The quantitative estimate of drug-likeness (QED) is 0.776. The van der Waals surface area contributed by atoms with Crippen molar-refractivity contribution in [2.24, 2.45) is 29.1 Å². The monoisotopic (exact) mass is 252 g/mol. The average Bonchev–Trinajstić information content (AvgIpc) is 2.72. The van der Waals surface area contributed by atoms with E-state index in [1.54, 1.807) is 0 Å². The fraction of sp³-hybridized carbons (Fsp3) is 1.00. The number of aliphatic hydroxyl groups is 1. The summed E-state index contributed by atoms with van der Waals surface area (Å²) in [4.78, 5) is 0. The van der Waals surface area contributed by atoms with Gasteiger partial charge >= 0.3 is 0 Å². The van der Waals surface area contributed by atoms with Crippen molar-refractivity contribution in [3.05, 3.63) is 0 Å². The third-order valence-corrected chi connectivity index (χ3v) is 6.84. The molecule has 0 aromatic heterocycles. The Labute approximate surface area is 111 Å². The summed E-state index contributed by atoms with van der Waals surface area (Å²) in [7, 11) is 1.85. The summed E-state index contributed by atoms with van der Waals surface area (Å²) in [5.74, 6) is 2.47. The molecule has 0 heterocycles. The minimum atomic E-state index is -0.481. The van der Waals surface area contributed by atoms with Crippen LogP contribution in [0.3, 0.4) is 0 Å². The molecule has 0 aromatic carbocycles. The maximum Gasteiger partial charge on any atom is 0.0682 e. The molecule has 3 saturated carbocycles. The first-order valence-electron chi connectivity index (χ1n) is 7.51.